The van der Waals surface area contributed by atoms with Crippen molar-refractivity contribution in [1.82, 2.24) is 19.2 Å². The van der Waals surface area contributed by atoms with Crippen LogP contribution in [-0.2, 0) is 0 Å². The van der Waals surface area contributed by atoms with Gasteiger partial charge in [0.15, 0.2) is 0 Å². The number of rotatable bonds is 6. The Morgan fingerprint density at radius 1 is 1.37 bits per heavy atom. The van der Waals surface area contributed by atoms with Crippen molar-refractivity contribution >= 4 is 34.1 Å². The fraction of sp³-hybridized carbons (Fsp3) is 0.526. The second kappa shape index (κ2) is 8.12. The summed E-state index contributed by atoms with van der Waals surface area (Å²) in [5.74, 6) is -4.52. The molecule has 1 aliphatic carbocycles. The molecule has 1 saturated carbocycles. The molecule has 164 valence electrons. The first-order valence-corrected chi connectivity index (χ1v) is 10.3. The van der Waals surface area contributed by atoms with E-state index in [-0.39, 0.29) is 28.1 Å². The second-order valence-corrected chi connectivity index (χ2v) is 8.84. The molecule has 3 rings (SSSR count). The number of halogens is 3. The fourth-order valence-corrected chi connectivity index (χ4v) is 4.77. The van der Waals surface area contributed by atoms with E-state index in [1.807, 2.05) is 0 Å². The van der Waals surface area contributed by atoms with Crippen molar-refractivity contribution in [3.8, 4) is 0 Å². The number of pyridine rings is 1. The Bertz CT molecular complexity index is 948. The maximum Gasteiger partial charge on any atom is 0.268 e. The van der Waals surface area contributed by atoms with Gasteiger partial charge in [-0.2, -0.15) is 13.7 Å². The van der Waals surface area contributed by atoms with Crippen LogP contribution in [0, 0.1) is 12.7 Å². The normalized spacial score (nSPS) is 21.4. The van der Waals surface area contributed by atoms with E-state index in [4.69, 9.17) is 5.73 Å². The predicted molar refractivity (Wildman–Crippen MR) is 112 cm³/mol. The number of primary amides is 1. The highest BCUT2D eigenvalue weighted by Crippen LogP contribution is 2.40. The number of hydrogen-bond donors (Lipinski definition) is 3. The van der Waals surface area contributed by atoms with Crippen LogP contribution in [0.2, 0.25) is 0 Å². The maximum absolute atomic E-state index is 15.1. The Balaban J connectivity index is 2.07. The van der Waals surface area contributed by atoms with Crippen molar-refractivity contribution in [3.63, 3.8) is 0 Å². The summed E-state index contributed by atoms with van der Waals surface area (Å²) in [4.78, 5) is 16.2. The van der Waals surface area contributed by atoms with E-state index >= 15 is 4.39 Å². The first kappa shape index (κ1) is 22.4. The number of carbonyl (C=O) groups excluding carboxylic acids is 1. The quantitative estimate of drug-likeness (QED) is 0.597. The van der Waals surface area contributed by atoms with Crippen LogP contribution < -0.4 is 20.9 Å². The summed E-state index contributed by atoms with van der Waals surface area (Å²) in [6.07, 6.45) is 0.580. The molecule has 2 atom stereocenters. The number of quaternary nitrogens is 1. The summed E-state index contributed by atoms with van der Waals surface area (Å²) >= 11 is 1.15. The largest absolute Gasteiger partial charge is 0.365 e. The van der Waals surface area contributed by atoms with Crippen molar-refractivity contribution < 1.29 is 18.0 Å². The van der Waals surface area contributed by atoms with Gasteiger partial charge in [-0.05, 0) is 44.1 Å². The van der Waals surface area contributed by atoms with Crippen molar-refractivity contribution in [2.24, 2.45) is 5.73 Å². The van der Waals surface area contributed by atoms with Crippen LogP contribution in [0.1, 0.15) is 35.3 Å². The van der Waals surface area contributed by atoms with E-state index < -0.39 is 29.7 Å². The molecular weight excluding hydrogens is 417 g/mol. The van der Waals surface area contributed by atoms with E-state index in [1.165, 1.54) is 7.05 Å². The average molecular weight is 444 g/mol. The summed E-state index contributed by atoms with van der Waals surface area (Å²) in [5.41, 5.74) is 6.05. The standard InChI is InChI=1S/C19H25F3N6OS/c1-10-8-14(30-27-10)25-17-11(16(23)29)9-12(20)18(26-17)28(3,4)13-6-5-7-19(21,22)15(13)24-2/h8-9,13,15,24H,5-7H2,1-4H3,(H2-,23,25,26,27,29)/p+1. The number of aromatic nitrogens is 2. The lowest BCUT2D eigenvalue weighted by molar-refractivity contribution is -0.0862. The van der Waals surface area contributed by atoms with Gasteiger partial charge < -0.3 is 16.4 Å². The summed E-state index contributed by atoms with van der Waals surface area (Å²) in [7, 11) is 4.77. The smallest absolute Gasteiger partial charge is 0.268 e. The lowest BCUT2D eigenvalue weighted by Gasteiger charge is -2.45. The number of amides is 1. The third-order valence-electron chi connectivity index (χ3n) is 5.63. The van der Waals surface area contributed by atoms with Crippen LogP contribution in [0.4, 0.5) is 29.8 Å². The van der Waals surface area contributed by atoms with Gasteiger partial charge in [-0.15, -0.1) is 0 Å². The lowest BCUT2D eigenvalue weighted by Crippen LogP contribution is -2.66. The molecule has 0 spiro atoms. The van der Waals surface area contributed by atoms with Crippen LogP contribution in [0.25, 0.3) is 0 Å². The molecular formula is C19H26F3N6OS+. The molecule has 0 saturated heterocycles. The highest BCUT2D eigenvalue weighted by Gasteiger charge is 2.53. The Morgan fingerprint density at radius 2 is 2.07 bits per heavy atom. The molecule has 2 unspecified atom stereocenters. The van der Waals surface area contributed by atoms with Crippen molar-refractivity contribution in [2.45, 2.75) is 44.2 Å². The number of carbonyl (C=O) groups is 1. The third-order valence-corrected chi connectivity index (χ3v) is 6.42. The highest BCUT2D eigenvalue weighted by molar-refractivity contribution is 7.10. The van der Waals surface area contributed by atoms with E-state index in [9.17, 15) is 13.6 Å². The molecule has 0 radical (unpaired) electrons. The van der Waals surface area contributed by atoms with E-state index in [0.717, 1.165) is 23.3 Å². The number of anilines is 2. The number of likely N-dealkylation sites (N-methyl/N-ethyl adjacent to an activating group) is 2. The molecule has 0 aromatic carbocycles. The number of nitrogens with two attached hydrogens (primary N) is 1. The topological polar surface area (TPSA) is 92.9 Å². The van der Waals surface area contributed by atoms with Gasteiger partial charge in [-0.25, -0.2) is 8.78 Å². The number of nitrogens with one attached hydrogen (secondary N) is 2. The molecule has 2 aromatic rings. The maximum atomic E-state index is 15.1. The number of nitrogens with zero attached hydrogens (tertiary/aromatic N) is 3. The highest BCUT2D eigenvalue weighted by atomic mass is 32.1. The number of alkyl halides is 2. The van der Waals surface area contributed by atoms with Gasteiger partial charge in [0.1, 0.15) is 22.9 Å². The van der Waals surface area contributed by atoms with Gasteiger partial charge in [0.2, 0.25) is 5.82 Å². The number of aryl methyl sites for hydroxylation is 1. The SMILES string of the molecule is CNC1C([N+](C)(C)c2nc(Nc3cc(C)ns3)c(C(N)=O)cc2F)CCCC1(F)F. The van der Waals surface area contributed by atoms with Crippen LogP contribution in [0.3, 0.4) is 0 Å². The van der Waals surface area contributed by atoms with Gasteiger partial charge in [0.25, 0.3) is 17.6 Å². The van der Waals surface area contributed by atoms with Gasteiger partial charge in [0, 0.05) is 12.8 Å². The molecule has 11 heteroatoms. The summed E-state index contributed by atoms with van der Waals surface area (Å²) in [6, 6.07) is 0.993. The molecule has 1 aliphatic rings. The van der Waals surface area contributed by atoms with Gasteiger partial charge in [0.05, 0.1) is 25.4 Å². The molecule has 4 N–H and O–H groups in total. The minimum Gasteiger partial charge on any atom is -0.365 e. The third kappa shape index (κ3) is 4.14. The molecule has 2 aromatic heterocycles. The van der Waals surface area contributed by atoms with Crippen molar-refractivity contribution in [1.29, 1.82) is 0 Å². The molecule has 1 amide bonds. The van der Waals surface area contributed by atoms with Gasteiger partial charge in [-0.1, -0.05) is 0 Å². The zero-order valence-electron chi connectivity index (χ0n) is 17.3. The van der Waals surface area contributed by atoms with Crippen LogP contribution in [-0.4, -0.2) is 54.4 Å². The minimum atomic E-state index is -2.92. The Kier molecular flexibility index (Phi) is 6.08. The Morgan fingerprint density at radius 3 is 2.63 bits per heavy atom. The molecule has 30 heavy (non-hydrogen) atoms. The van der Waals surface area contributed by atoms with Gasteiger partial charge >= 0.3 is 0 Å². The van der Waals surface area contributed by atoms with E-state index in [2.05, 4.69) is 20.0 Å². The fourth-order valence-electron chi connectivity index (χ4n) is 4.11. The van der Waals surface area contributed by atoms with Crippen molar-refractivity contribution in [2.75, 3.05) is 26.5 Å². The summed E-state index contributed by atoms with van der Waals surface area (Å²) in [6.45, 7) is 1.81. The molecule has 0 bridgehead atoms. The Hall–Kier alpha value is -2.24. The average Bonchev–Trinajstić information content (AvgIpc) is 3.06. The molecule has 0 aliphatic heterocycles. The molecule has 2 heterocycles. The van der Waals surface area contributed by atoms with E-state index in [0.29, 0.717) is 17.8 Å². The van der Waals surface area contributed by atoms with E-state index in [1.54, 1.807) is 27.1 Å². The lowest BCUT2D eigenvalue weighted by atomic mass is 9.85. The first-order valence-electron chi connectivity index (χ1n) is 9.57. The van der Waals surface area contributed by atoms with Crippen LogP contribution >= 0.6 is 11.5 Å². The number of hydrogen-bond acceptors (Lipinski definition) is 6. The minimum absolute atomic E-state index is 0.0494. The summed E-state index contributed by atoms with van der Waals surface area (Å²) in [5, 5.41) is 6.28. The zero-order valence-corrected chi connectivity index (χ0v) is 18.1. The second-order valence-electron chi connectivity index (χ2n) is 8.04. The molecule has 7 nitrogen and oxygen atoms in total. The Labute approximate surface area is 177 Å². The van der Waals surface area contributed by atoms with Gasteiger partial charge in [-0.3, -0.25) is 9.28 Å². The predicted octanol–water partition coefficient (Wildman–Crippen LogP) is 3.17. The zero-order chi connectivity index (χ0) is 22.3. The monoisotopic (exact) mass is 443 g/mol. The molecule has 1 fully saturated rings. The van der Waals surface area contributed by atoms with Crippen LogP contribution in [0.5, 0.6) is 0 Å². The first-order chi connectivity index (χ1) is 14.0. The van der Waals surface area contributed by atoms with Crippen LogP contribution in [0.15, 0.2) is 12.1 Å². The summed E-state index contributed by atoms with van der Waals surface area (Å²) < 4.78 is 48.1. The van der Waals surface area contributed by atoms with Crippen molar-refractivity contribution in [3.05, 3.63) is 29.2 Å².